The highest BCUT2D eigenvalue weighted by Crippen LogP contribution is 1.25. The number of hydrogen-bond acceptors (Lipinski definition) is 1. The summed E-state index contributed by atoms with van der Waals surface area (Å²) >= 11 is 0. The maximum atomic E-state index is 4.97. The highest BCUT2D eigenvalue weighted by atomic mass is 16.0. The first-order valence-electron chi connectivity index (χ1n) is 1.33. The second kappa shape index (κ2) is 4.23. The first-order valence-corrected chi connectivity index (χ1v) is 1.33. The van der Waals surface area contributed by atoms with Gasteiger partial charge in [0.15, 0.2) is 0 Å². The molecule has 0 aliphatic heterocycles. The third-order valence-electron chi connectivity index (χ3n) is 0.228. The quantitative estimate of drug-likeness (QED) is 0.125. The van der Waals surface area contributed by atoms with Crippen LogP contribution < -0.4 is 16.7 Å². The van der Waals surface area contributed by atoms with E-state index in [1.54, 1.807) is 6.92 Å². The van der Waals surface area contributed by atoms with E-state index in [-0.39, 0.29) is 5.48 Å². The van der Waals surface area contributed by atoms with Crippen LogP contribution in [0.4, 0.5) is 0 Å². The van der Waals surface area contributed by atoms with E-state index >= 15 is 0 Å². The fourth-order valence-corrected chi connectivity index (χ4v) is 0. The van der Waals surface area contributed by atoms with E-state index < -0.39 is 0 Å². The Morgan fingerprint density at radius 3 is 1.83 bits per heavy atom. The van der Waals surface area contributed by atoms with Crippen molar-refractivity contribution >= 4 is 5.84 Å². The van der Waals surface area contributed by atoms with E-state index in [0.717, 1.165) is 0 Å². The molecule has 0 amide bonds. The number of hydrazine groups is 1. The van der Waals surface area contributed by atoms with Crippen molar-refractivity contribution < 1.29 is 10.6 Å². The molecule has 4 heteroatoms. The minimum Gasteiger partial charge on any atom is -0.412 e. The van der Waals surface area contributed by atoms with E-state index in [1.807, 2.05) is 0 Å². The van der Waals surface area contributed by atoms with Gasteiger partial charge >= 0.3 is 0 Å². The van der Waals surface area contributed by atoms with Gasteiger partial charge in [0.1, 0.15) is 0 Å². The molecule has 0 saturated carbocycles. The molecule has 0 aliphatic rings. The maximum absolute atomic E-state index is 4.97. The number of nitrogens with two attached hydrogens (primary N) is 2. The van der Waals surface area contributed by atoms with Gasteiger partial charge in [-0.2, -0.15) is 5.10 Å². The molecule has 7 N–H and O–H groups in total. The lowest BCUT2D eigenvalue weighted by Gasteiger charge is -1.68. The number of amidine groups is 1. The van der Waals surface area contributed by atoms with Gasteiger partial charge in [-0.05, 0) is 0 Å². The van der Waals surface area contributed by atoms with Crippen LogP contribution in [0.15, 0.2) is 0 Å². The van der Waals surface area contributed by atoms with Crippen molar-refractivity contribution in [3.05, 3.63) is 0 Å². The van der Waals surface area contributed by atoms with Crippen LogP contribution in [0.25, 0.3) is 0 Å². The van der Waals surface area contributed by atoms with E-state index in [2.05, 4.69) is 5.10 Å². The second-order valence-corrected chi connectivity index (χ2v) is 0.827. The normalized spacial score (nSPS) is 9.83. The lowest BCUT2D eigenvalue weighted by molar-refractivity contribution is -0.470. The SMILES string of the molecule is CC(N)=[NH+]N.O. The zero-order chi connectivity index (χ0) is 4.28. The molecule has 0 atom stereocenters. The van der Waals surface area contributed by atoms with Crippen LogP contribution in [0, 0.1) is 0 Å². The first-order chi connectivity index (χ1) is 2.27. The van der Waals surface area contributed by atoms with Crippen LogP contribution in [0.3, 0.4) is 0 Å². The van der Waals surface area contributed by atoms with Gasteiger partial charge in [0, 0.05) is 6.92 Å². The molecular formula is C2H10N3O+. The topological polar surface area (TPSA) is 97.5 Å². The molecule has 4 nitrogen and oxygen atoms in total. The Balaban J connectivity index is 0. The van der Waals surface area contributed by atoms with Gasteiger partial charge in [-0.15, -0.1) is 0 Å². The summed E-state index contributed by atoms with van der Waals surface area (Å²) in [6.07, 6.45) is 0. The molecule has 0 aromatic carbocycles. The summed E-state index contributed by atoms with van der Waals surface area (Å²) in [5.74, 6) is 5.29. The average molecular weight is 92.1 g/mol. The summed E-state index contributed by atoms with van der Waals surface area (Å²) in [7, 11) is 0. The van der Waals surface area contributed by atoms with Crippen molar-refractivity contribution in [2.24, 2.45) is 11.6 Å². The molecule has 6 heavy (non-hydrogen) atoms. The monoisotopic (exact) mass is 92.1 g/mol. The van der Waals surface area contributed by atoms with E-state index in [9.17, 15) is 0 Å². The number of hydrazone groups is 1. The molecule has 0 bridgehead atoms. The zero-order valence-electron chi connectivity index (χ0n) is 3.65. The van der Waals surface area contributed by atoms with Crippen LogP contribution in [-0.2, 0) is 0 Å². The van der Waals surface area contributed by atoms with Crippen molar-refractivity contribution in [2.45, 2.75) is 6.92 Å². The fraction of sp³-hybridized carbons (Fsp3) is 0.500. The van der Waals surface area contributed by atoms with Gasteiger partial charge in [-0.3, -0.25) is 11.6 Å². The molecule has 0 radical (unpaired) electrons. The largest absolute Gasteiger partial charge is 0.412 e. The molecule has 0 heterocycles. The molecule has 0 aromatic heterocycles. The van der Waals surface area contributed by atoms with Crippen LogP contribution in [-0.4, -0.2) is 11.3 Å². The fourth-order valence-electron chi connectivity index (χ4n) is 0. The molecule has 0 spiro atoms. The third-order valence-corrected chi connectivity index (χ3v) is 0.228. The van der Waals surface area contributed by atoms with Gasteiger partial charge in [0.25, 0.3) is 5.84 Å². The summed E-state index contributed by atoms with van der Waals surface area (Å²) in [4.78, 5) is 0. The minimum absolute atomic E-state index is 0. The van der Waals surface area contributed by atoms with Crippen LogP contribution in [0.2, 0.25) is 0 Å². The summed E-state index contributed by atoms with van der Waals surface area (Å²) < 4.78 is 0. The Morgan fingerprint density at radius 2 is 1.83 bits per heavy atom. The Hall–Kier alpha value is -0.770. The summed E-state index contributed by atoms with van der Waals surface area (Å²) in [6.45, 7) is 1.68. The lowest BCUT2D eigenvalue weighted by atomic mass is 10.7. The number of rotatable bonds is 0. The Labute approximate surface area is 36.1 Å². The lowest BCUT2D eigenvalue weighted by Crippen LogP contribution is -2.81. The average Bonchev–Trinajstić information content (AvgIpc) is 1.38. The van der Waals surface area contributed by atoms with E-state index in [4.69, 9.17) is 11.6 Å². The molecule has 0 aliphatic carbocycles. The molecule has 0 saturated heterocycles. The van der Waals surface area contributed by atoms with E-state index in [1.165, 1.54) is 0 Å². The molecule has 0 fully saturated rings. The van der Waals surface area contributed by atoms with Gasteiger partial charge < -0.3 is 5.48 Å². The van der Waals surface area contributed by atoms with Gasteiger partial charge in [0.05, 0.1) is 0 Å². The number of hydrogen-bond donors (Lipinski definition) is 3. The van der Waals surface area contributed by atoms with Gasteiger partial charge in [-0.1, -0.05) is 0 Å². The molecule has 0 rings (SSSR count). The molecular weight excluding hydrogens is 82.0 g/mol. The van der Waals surface area contributed by atoms with Crippen molar-refractivity contribution in [3.8, 4) is 0 Å². The van der Waals surface area contributed by atoms with Gasteiger partial charge in [0.2, 0.25) is 0 Å². The van der Waals surface area contributed by atoms with Crippen molar-refractivity contribution in [2.75, 3.05) is 0 Å². The molecule has 38 valence electrons. The molecule has 0 unspecified atom stereocenters. The zero-order valence-corrected chi connectivity index (χ0v) is 3.65. The van der Waals surface area contributed by atoms with Crippen LogP contribution in [0.1, 0.15) is 6.92 Å². The third kappa shape index (κ3) is 10.6. The highest BCUT2D eigenvalue weighted by molar-refractivity contribution is 5.70. The van der Waals surface area contributed by atoms with Crippen molar-refractivity contribution in [3.63, 3.8) is 0 Å². The number of nitrogens with one attached hydrogen (secondary N) is 1. The first kappa shape index (κ1) is 8.97. The molecule has 0 aromatic rings. The smallest absolute Gasteiger partial charge is 0.259 e. The van der Waals surface area contributed by atoms with Crippen LogP contribution in [0.5, 0.6) is 0 Å². The van der Waals surface area contributed by atoms with Crippen molar-refractivity contribution in [1.82, 2.24) is 0 Å². The second-order valence-electron chi connectivity index (χ2n) is 0.827. The van der Waals surface area contributed by atoms with Gasteiger partial charge in [-0.25, -0.2) is 0 Å². The summed E-state index contributed by atoms with van der Waals surface area (Å²) in [5, 5.41) is 2.22. The Bertz CT molecular complexity index is 46.8. The van der Waals surface area contributed by atoms with E-state index in [0.29, 0.717) is 5.84 Å². The highest BCUT2D eigenvalue weighted by Gasteiger charge is 1.72. The van der Waals surface area contributed by atoms with Crippen molar-refractivity contribution in [1.29, 1.82) is 0 Å². The Morgan fingerprint density at radius 1 is 1.67 bits per heavy atom. The Kier molecular flexibility index (Phi) is 6.32. The predicted molar refractivity (Wildman–Crippen MR) is 23.6 cm³/mol. The summed E-state index contributed by atoms with van der Waals surface area (Å²) in [6, 6.07) is 0. The minimum atomic E-state index is 0. The standard InChI is InChI=1S/C2H7N3.H2O/c1-2(3)5-4;/h4H2,1H3,(H2,3,5);1H2/p+1. The summed E-state index contributed by atoms with van der Waals surface area (Å²) in [5.41, 5.74) is 4.97. The maximum Gasteiger partial charge on any atom is 0.259 e. The predicted octanol–water partition coefficient (Wildman–Crippen LogP) is -3.51. The van der Waals surface area contributed by atoms with Crippen LogP contribution >= 0.6 is 0 Å².